The van der Waals surface area contributed by atoms with Crippen molar-refractivity contribution in [3.05, 3.63) is 93.0 Å². The lowest BCUT2D eigenvalue weighted by molar-refractivity contribution is -0.384. The van der Waals surface area contributed by atoms with E-state index in [4.69, 9.17) is 21.1 Å². The van der Waals surface area contributed by atoms with Crippen molar-refractivity contribution in [2.75, 3.05) is 12.4 Å². The molecule has 0 saturated heterocycles. The van der Waals surface area contributed by atoms with E-state index >= 15 is 0 Å². The van der Waals surface area contributed by atoms with Gasteiger partial charge >= 0.3 is 0 Å². The Morgan fingerprint density at radius 3 is 2.39 bits per heavy atom. The van der Waals surface area contributed by atoms with Crippen LogP contribution in [0.1, 0.15) is 11.1 Å². The second kappa shape index (κ2) is 9.10. The third-order valence-electron chi connectivity index (χ3n) is 4.09. The van der Waals surface area contributed by atoms with Gasteiger partial charge in [0.15, 0.2) is 11.5 Å². The molecule has 0 bridgehead atoms. The van der Waals surface area contributed by atoms with Crippen molar-refractivity contribution in [1.82, 2.24) is 0 Å². The number of nitro benzene ring substituents is 1. The molecule has 3 rings (SSSR count). The summed E-state index contributed by atoms with van der Waals surface area (Å²) >= 11 is 6.41. The Morgan fingerprint density at radius 1 is 1.04 bits per heavy atom. The lowest BCUT2D eigenvalue weighted by Crippen LogP contribution is -2.02. The molecular weight excluding hydrogens is 380 g/mol. The number of hydrogen-bond acceptors (Lipinski definition) is 5. The van der Waals surface area contributed by atoms with E-state index in [1.807, 2.05) is 42.5 Å². The fourth-order valence-electron chi connectivity index (χ4n) is 2.65. The van der Waals surface area contributed by atoms with E-state index in [-0.39, 0.29) is 5.69 Å². The van der Waals surface area contributed by atoms with Crippen LogP contribution in [0.3, 0.4) is 0 Å². The Hall–Kier alpha value is -3.25. The van der Waals surface area contributed by atoms with Gasteiger partial charge in [-0.2, -0.15) is 0 Å². The molecule has 0 heterocycles. The Labute approximate surface area is 167 Å². The van der Waals surface area contributed by atoms with Crippen LogP contribution in [0.15, 0.2) is 66.7 Å². The number of halogens is 1. The number of benzene rings is 3. The van der Waals surface area contributed by atoms with Gasteiger partial charge in [0.1, 0.15) is 6.61 Å². The minimum atomic E-state index is -0.428. The number of methoxy groups -OCH3 is 1. The number of nitro groups is 1. The van der Waals surface area contributed by atoms with E-state index in [0.29, 0.717) is 29.7 Å². The van der Waals surface area contributed by atoms with Crippen molar-refractivity contribution in [3.63, 3.8) is 0 Å². The quantitative estimate of drug-likeness (QED) is 0.403. The first-order valence-corrected chi connectivity index (χ1v) is 8.96. The van der Waals surface area contributed by atoms with E-state index < -0.39 is 4.92 Å². The molecule has 28 heavy (non-hydrogen) atoms. The van der Waals surface area contributed by atoms with Crippen LogP contribution in [0.2, 0.25) is 5.02 Å². The van der Waals surface area contributed by atoms with Gasteiger partial charge in [-0.1, -0.05) is 41.9 Å². The molecule has 0 spiro atoms. The first kappa shape index (κ1) is 19.5. The summed E-state index contributed by atoms with van der Waals surface area (Å²) in [5, 5.41) is 14.4. The molecule has 0 radical (unpaired) electrons. The first-order chi connectivity index (χ1) is 13.6. The van der Waals surface area contributed by atoms with Crippen LogP contribution in [0.5, 0.6) is 11.5 Å². The van der Waals surface area contributed by atoms with E-state index in [9.17, 15) is 10.1 Å². The number of ether oxygens (including phenoxy) is 2. The molecule has 0 aliphatic heterocycles. The summed E-state index contributed by atoms with van der Waals surface area (Å²) in [5.74, 6) is 1.04. The zero-order chi connectivity index (χ0) is 19.9. The number of nitrogens with zero attached hydrogens (tertiary/aromatic N) is 1. The minimum Gasteiger partial charge on any atom is -0.493 e. The maximum atomic E-state index is 10.7. The monoisotopic (exact) mass is 398 g/mol. The summed E-state index contributed by atoms with van der Waals surface area (Å²) in [6.45, 7) is 0.865. The van der Waals surface area contributed by atoms with Crippen LogP contribution in [0, 0.1) is 10.1 Å². The lowest BCUT2D eigenvalue weighted by atomic mass is 10.2. The highest BCUT2D eigenvalue weighted by Crippen LogP contribution is 2.37. The van der Waals surface area contributed by atoms with Crippen molar-refractivity contribution in [2.24, 2.45) is 0 Å². The van der Waals surface area contributed by atoms with Crippen LogP contribution in [-0.4, -0.2) is 12.0 Å². The van der Waals surface area contributed by atoms with Crippen LogP contribution in [-0.2, 0) is 13.2 Å². The summed E-state index contributed by atoms with van der Waals surface area (Å²) in [6.07, 6.45) is 0. The van der Waals surface area contributed by atoms with Crippen LogP contribution in [0.4, 0.5) is 11.4 Å². The van der Waals surface area contributed by atoms with Crippen molar-refractivity contribution >= 4 is 23.0 Å². The van der Waals surface area contributed by atoms with Crippen molar-refractivity contribution < 1.29 is 14.4 Å². The molecule has 6 nitrogen and oxygen atoms in total. The third-order valence-corrected chi connectivity index (χ3v) is 4.37. The first-order valence-electron chi connectivity index (χ1n) is 8.58. The maximum absolute atomic E-state index is 10.7. The average molecular weight is 399 g/mol. The van der Waals surface area contributed by atoms with Crippen LogP contribution in [0.25, 0.3) is 0 Å². The standard InChI is InChI=1S/C21H19ClN2O4/c1-27-20-12-16(13-23-17-7-9-18(10-8-17)24(25)26)11-19(22)21(20)28-14-15-5-3-2-4-6-15/h2-12,23H,13-14H2,1H3. The molecule has 0 aliphatic rings. The fourth-order valence-corrected chi connectivity index (χ4v) is 2.94. The number of non-ortho nitro benzene ring substituents is 1. The van der Waals surface area contributed by atoms with Gasteiger partial charge < -0.3 is 14.8 Å². The average Bonchev–Trinajstić information content (AvgIpc) is 2.72. The highest BCUT2D eigenvalue weighted by atomic mass is 35.5. The predicted octanol–water partition coefficient (Wildman–Crippen LogP) is 5.45. The van der Waals surface area contributed by atoms with E-state index in [1.54, 1.807) is 19.2 Å². The summed E-state index contributed by atoms with van der Waals surface area (Å²) in [5.41, 5.74) is 2.75. The summed E-state index contributed by atoms with van der Waals surface area (Å²) in [7, 11) is 1.56. The highest BCUT2D eigenvalue weighted by Gasteiger charge is 2.13. The zero-order valence-electron chi connectivity index (χ0n) is 15.2. The molecule has 0 aromatic heterocycles. The van der Waals surface area contributed by atoms with Gasteiger partial charge in [-0.3, -0.25) is 10.1 Å². The normalized spacial score (nSPS) is 10.4. The van der Waals surface area contributed by atoms with Gasteiger partial charge in [-0.25, -0.2) is 0 Å². The maximum Gasteiger partial charge on any atom is 0.269 e. The zero-order valence-corrected chi connectivity index (χ0v) is 16.0. The SMILES string of the molecule is COc1cc(CNc2ccc([N+](=O)[O-])cc2)cc(Cl)c1OCc1ccccc1. The topological polar surface area (TPSA) is 73.6 Å². The second-order valence-corrected chi connectivity index (χ2v) is 6.45. The lowest BCUT2D eigenvalue weighted by Gasteiger charge is -2.15. The molecule has 0 fully saturated rings. The molecule has 0 amide bonds. The third kappa shape index (κ3) is 4.92. The minimum absolute atomic E-state index is 0.0511. The van der Waals surface area contributed by atoms with E-state index in [0.717, 1.165) is 16.8 Å². The van der Waals surface area contributed by atoms with Gasteiger partial charge in [0.25, 0.3) is 5.69 Å². The largest absolute Gasteiger partial charge is 0.493 e. The molecular formula is C21H19ClN2O4. The molecule has 0 saturated carbocycles. The molecule has 0 atom stereocenters. The van der Waals surface area contributed by atoms with Crippen molar-refractivity contribution in [2.45, 2.75) is 13.2 Å². The molecule has 3 aromatic carbocycles. The van der Waals surface area contributed by atoms with Gasteiger partial charge in [0, 0.05) is 24.4 Å². The molecule has 0 unspecified atom stereocenters. The molecule has 3 aromatic rings. The number of rotatable bonds is 8. The van der Waals surface area contributed by atoms with Crippen LogP contribution < -0.4 is 14.8 Å². The number of hydrogen-bond donors (Lipinski definition) is 1. The summed E-state index contributed by atoms with van der Waals surface area (Å²) in [6, 6.07) is 19.7. The van der Waals surface area contributed by atoms with Crippen LogP contribution >= 0.6 is 11.6 Å². The van der Waals surface area contributed by atoms with E-state index in [1.165, 1.54) is 12.1 Å². The van der Waals surface area contributed by atoms with Gasteiger partial charge in [0.05, 0.1) is 17.1 Å². The summed E-state index contributed by atoms with van der Waals surface area (Å²) < 4.78 is 11.3. The molecule has 7 heteroatoms. The Morgan fingerprint density at radius 2 is 1.75 bits per heavy atom. The Balaban J connectivity index is 1.69. The summed E-state index contributed by atoms with van der Waals surface area (Å²) in [4.78, 5) is 10.3. The second-order valence-electron chi connectivity index (χ2n) is 6.04. The van der Waals surface area contributed by atoms with E-state index in [2.05, 4.69) is 5.32 Å². The van der Waals surface area contributed by atoms with Gasteiger partial charge in [-0.15, -0.1) is 0 Å². The molecule has 0 aliphatic carbocycles. The van der Waals surface area contributed by atoms with Gasteiger partial charge in [0.2, 0.25) is 0 Å². The number of anilines is 1. The highest BCUT2D eigenvalue weighted by molar-refractivity contribution is 6.32. The Kier molecular flexibility index (Phi) is 6.34. The van der Waals surface area contributed by atoms with Crippen molar-refractivity contribution in [1.29, 1.82) is 0 Å². The molecule has 144 valence electrons. The van der Waals surface area contributed by atoms with Gasteiger partial charge in [-0.05, 0) is 35.4 Å². The number of nitrogens with one attached hydrogen (secondary N) is 1. The molecule has 1 N–H and O–H groups in total. The smallest absolute Gasteiger partial charge is 0.269 e. The van der Waals surface area contributed by atoms with Crippen molar-refractivity contribution in [3.8, 4) is 11.5 Å². The fraction of sp³-hybridized carbons (Fsp3) is 0.143. The predicted molar refractivity (Wildman–Crippen MR) is 109 cm³/mol. The Bertz CT molecular complexity index is 947.